The maximum absolute atomic E-state index is 13.8. The van der Waals surface area contributed by atoms with E-state index < -0.39 is 11.8 Å². The quantitative estimate of drug-likeness (QED) is 0.439. The van der Waals surface area contributed by atoms with Crippen molar-refractivity contribution in [3.63, 3.8) is 0 Å². The first kappa shape index (κ1) is 16.5. The summed E-state index contributed by atoms with van der Waals surface area (Å²) in [6.07, 6.45) is 1.47. The number of benzene rings is 2. The Hall–Kier alpha value is -2.99. The van der Waals surface area contributed by atoms with Crippen molar-refractivity contribution >= 4 is 33.9 Å². The van der Waals surface area contributed by atoms with Crippen LogP contribution in [-0.2, 0) is 9.53 Å². The van der Waals surface area contributed by atoms with E-state index in [1.807, 2.05) is 24.3 Å². The Morgan fingerprint density at radius 2 is 1.69 bits per heavy atom. The standard InChI is InChI=1S/C20H11BrFNO3/c21-15-7-3-1-5-13(15)18-10-9-12(25-18)11-17-20(24)26-19(23-17)14-6-2-4-8-16(14)22/h1-11H/b17-11+. The van der Waals surface area contributed by atoms with E-state index in [0.717, 1.165) is 10.0 Å². The second-order valence-corrected chi connectivity index (χ2v) is 6.35. The predicted octanol–water partition coefficient (Wildman–Crippen LogP) is 5.19. The lowest BCUT2D eigenvalue weighted by molar-refractivity contribution is -0.129. The van der Waals surface area contributed by atoms with Gasteiger partial charge in [-0.05, 0) is 30.3 Å². The van der Waals surface area contributed by atoms with E-state index in [1.54, 1.807) is 24.3 Å². The van der Waals surface area contributed by atoms with Crippen LogP contribution in [0.2, 0.25) is 0 Å². The molecule has 128 valence electrons. The van der Waals surface area contributed by atoms with Crippen molar-refractivity contribution in [2.24, 2.45) is 4.99 Å². The van der Waals surface area contributed by atoms with Crippen molar-refractivity contribution in [3.05, 3.63) is 88.0 Å². The summed E-state index contributed by atoms with van der Waals surface area (Å²) >= 11 is 3.47. The SMILES string of the molecule is O=C1OC(c2ccccc2F)=N/C1=C/c1ccc(-c2ccccc2Br)o1. The Balaban J connectivity index is 1.66. The van der Waals surface area contributed by atoms with Gasteiger partial charge < -0.3 is 9.15 Å². The van der Waals surface area contributed by atoms with Gasteiger partial charge >= 0.3 is 5.97 Å². The van der Waals surface area contributed by atoms with Gasteiger partial charge in [-0.25, -0.2) is 14.2 Å². The molecule has 0 fully saturated rings. The monoisotopic (exact) mass is 411 g/mol. The van der Waals surface area contributed by atoms with Crippen molar-refractivity contribution < 1.29 is 18.3 Å². The second-order valence-electron chi connectivity index (χ2n) is 5.50. The molecule has 1 aromatic heterocycles. The highest BCUT2D eigenvalue weighted by Crippen LogP contribution is 2.30. The molecule has 2 heterocycles. The van der Waals surface area contributed by atoms with Gasteiger partial charge in [0, 0.05) is 16.1 Å². The topological polar surface area (TPSA) is 51.8 Å². The van der Waals surface area contributed by atoms with Crippen LogP contribution in [0.15, 0.2) is 80.2 Å². The molecule has 0 atom stereocenters. The molecule has 4 rings (SSSR count). The summed E-state index contributed by atoms with van der Waals surface area (Å²) in [5, 5.41) is 0. The number of furan rings is 1. The Morgan fingerprint density at radius 3 is 2.46 bits per heavy atom. The zero-order chi connectivity index (χ0) is 18.1. The van der Waals surface area contributed by atoms with Gasteiger partial charge in [0.1, 0.15) is 17.3 Å². The highest BCUT2D eigenvalue weighted by molar-refractivity contribution is 9.10. The third-order valence-corrected chi connectivity index (χ3v) is 4.46. The Labute approximate surface area is 156 Å². The molecule has 0 bridgehead atoms. The van der Waals surface area contributed by atoms with Crippen molar-refractivity contribution in [1.82, 2.24) is 0 Å². The molecule has 0 radical (unpaired) electrons. The first-order valence-corrected chi connectivity index (χ1v) is 8.53. The molecule has 0 amide bonds. The zero-order valence-electron chi connectivity index (χ0n) is 13.3. The number of carbonyl (C=O) groups is 1. The van der Waals surface area contributed by atoms with Crippen LogP contribution in [0.5, 0.6) is 0 Å². The average molecular weight is 412 g/mol. The fourth-order valence-corrected chi connectivity index (χ4v) is 3.01. The normalized spacial score (nSPS) is 15.2. The summed E-state index contributed by atoms with van der Waals surface area (Å²) < 4.78 is 25.6. The average Bonchev–Trinajstić information content (AvgIpc) is 3.23. The van der Waals surface area contributed by atoms with E-state index in [1.165, 1.54) is 18.2 Å². The summed E-state index contributed by atoms with van der Waals surface area (Å²) in [5.41, 5.74) is 1.08. The Bertz CT molecular complexity index is 1070. The van der Waals surface area contributed by atoms with E-state index in [2.05, 4.69) is 20.9 Å². The number of nitrogens with zero attached hydrogens (tertiary/aromatic N) is 1. The summed E-state index contributed by atoms with van der Waals surface area (Å²) in [6, 6.07) is 17.2. The molecule has 2 aromatic carbocycles. The van der Waals surface area contributed by atoms with E-state index in [9.17, 15) is 9.18 Å². The number of halogens is 2. The largest absolute Gasteiger partial charge is 0.457 e. The molecule has 26 heavy (non-hydrogen) atoms. The van der Waals surface area contributed by atoms with E-state index in [4.69, 9.17) is 9.15 Å². The van der Waals surface area contributed by atoms with Gasteiger partial charge in [0.15, 0.2) is 5.70 Å². The number of cyclic esters (lactones) is 1. The number of esters is 1. The highest BCUT2D eigenvalue weighted by Gasteiger charge is 2.26. The molecular weight excluding hydrogens is 401 g/mol. The van der Waals surface area contributed by atoms with Gasteiger partial charge in [-0.15, -0.1) is 0 Å². The van der Waals surface area contributed by atoms with Crippen LogP contribution >= 0.6 is 15.9 Å². The maximum Gasteiger partial charge on any atom is 0.363 e. The molecule has 6 heteroatoms. The number of hydrogen-bond donors (Lipinski definition) is 0. The first-order valence-electron chi connectivity index (χ1n) is 7.74. The van der Waals surface area contributed by atoms with Gasteiger partial charge in [-0.2, -0.15) is 0 Å². The third kappa shape index (κ3) is 3.11. The third-order valence-electron chi connectivity index (χ3n) is 3.77. The molecule has 1 aliphatic rings. The van der Waals surface area contributed by atoms with Crippen LogP contribution < -0.4 is 0 Å². The van der Waals surface area contributed by atoms with E-state index in [0.29, 0.717) is 11.5 Å². The number of aliphatic imine (C=N–C) groups is 1. The summed E-state index contributed by atoms with van der Waals surface area (Å²) in [6.45, 7) is 0. The minimum Gasteiger partial charge on any atom is -0.457 e. The molecule has 1 aliphatic heterocycles. The molecule has 4 nitrogen and oxygen atoms in total. The number of ether oxygens (including phenoxy) is 1. The smallest absolute Gasteiger partial charge is 0.363 e. The fourth-order valence-electron chi connectivity index (χ4n) is 2.53. The molecule has 0 aliphatic carbocycles. The van der Waals surface area contributed by atoms with Crippen LogP contribution in [0, 0.1) is 5.82 Å². The van der Waals surface area contributed by atoms with Crippen molar-refractivity contribution in [3.8, 4) is 11.3 Å². The highest BCUT2D eigenvalue weighted by atomic mass is 79.9. The minimum atomic E-state index is -0.651. The van der Waals surface area contributed by atoms with Gasteiger partial charge in [0.05, 0.1) is 5.56 Å². The van der Waals surface area contributed by atoms with Crippen LogP contribution in [0.4, 0.5) is 4.39 Å². The van der Waals surface area contributed by atoms with Crippen molar-refractivity contribution in [2.45, 2.75) is 0 Å². The molecule has 0 unspecified atom stereocenters. The van der Waals surface area contributed by atoms with Crippen molar-refractivity contribution in [2.75, 3.05) is 0 Å². The fraction of sp³-hybridized carbons (Fsp3) is 0. The van der Waals surface area contributed by atoms with Gasteiger partial charge in [-0.3, -0.25) is 0 Å². The maximum atomic E-state index is 13.8. The van der Waals surface area contributed by atoms with Gasteiger partial charge in [0.2, 0.25) is 5.90 Å². The number of carbonyl (C=O) groups excluding carboxylic acids is 1. The summed E-state index contributed by atoms with van der Waals surface area (Å²) in [5.74, 6) is -0.122. The Morgan fingerprint density at radius 1 is 0.962 bits per heavy atom. The number of hydrogen-bond acceptors (Lipinski definition) is 4. The van der Waals surface area contributed by atoms with Crippen LogP contribution in [0.25, 0.3) is 17.4 Å². The lowest BCUT2D eigenvalue weighted by Crippen LogP contribution is -2.07. The molecular formula is C20H11BrFNO3. The van der Waals surface area contributed by atoms with Crippen LogP contribution in [-0.4, -0.2) is 11.9 Å². The molecule has 3 aromatic rings. The van der Waals surface area contributed by atoms with Crippen LogP contribution in [0.3, 0.4) is 0 Å². The zero-order valence-corrected chi connectivity index (χ0v) is 14.9. The Kier molecular flexibility index (Phi) is 4.26. The molecule has 0 saturated heterocycles. The lowest BCUT2D eigenvalue weighted by atomic mass is 10.2. The lowest BCUT2D eigenvalue weighted by Gasteiger charge is -1.99. The summed E-state index contributed by atoms with van der Waals surface area (Å²) in [4.78, 5) is 16.1. The molecule has 0 saturated carbocycles. The molecule has 0 spiro atoms. The first-order chi connectivity index (χ1) is 12.6. The van der Waals surface area contributed by atoms with Crippen LogP contribution in [0.1, 0.15) is 11.3 Å². The van der Waals surface area contributed by atoms with E-state index in [-0.39, 0.29) is 17.2 Å². The summed E-state index contributed by atoms with van der Waals surface area (Å²) in [7, 11) is 0. The van der Waals surface area contributed by atoms with Gasteiger partial charge in [0.25, 0.3) is 0 Å². The van der Waals surface area contributed by atoms with E-state index >= 15 is 0 Å². The minimum absolute atomic E-state index is 0.0521. The van der Waals surface area contributed by atoms with Crippen molar-refractivity contribution in [1.29, 1.82) is 0 Å². The predicted molar refractivity (Wildman–Crippen MR) is 98.9 cm³/mol. The number of rotatable bonds is 3. The second kappa shape index (κ2) is 6.72. The molecule has 0 N–H and O–H groups in total. The van der Waals surface area contributed by atoms with Gasteiger partial charge in [-0.1, -0.05) is 46.3 Å².